The van der Waals surface area contributed by atoms with Gasteiger partial charge in [-0.2, -0.15) is 0 Å². The molecule has 0 fully saturated rings. The van der Waals surface area contributed by atoms with E-state index in [-0.39, 0.29) is 5.91 Å². The number of carbonyl (C=O) groups is 1. The average Bonchev–Trinajstić information content (AvgIpc) is 2.76. The first-order valence-electron chi connectivity index (χ1n) is 6.52. The lowest BCUT2D eigenvalue weighted by molar-refractivity contribution is -0.113. The molecule has 2 rings (SSSR count). The Hall–Kier alpha value is -1.43. The quantitative estimate of drug-likeness (QED) is 0.921. The maximum atomic E-state index is 12.1. The second-order valence-electron chi connectivity index (χ2n) is 5.04. The highest BCUT2D eigenvalue weighted by atomic mass is 32.1. The first-order valence-corrected chi connectivity index (χ1v) is 7.34. The van der Waals surface area contributed by atoms with E-state index in [0.717, 1.165) is 30.0 Å². The summed E-state index contributed by atoms with van der Waals surface area (Å²) < 4.78 is 5.39. The smallest absolute Gasteiger partial charge is 0.256 e. The molecule has 0 radical (unpaired) electrons. The van der Waals surface area contributed by atoms with Crippen LogP contribution in [0.5, 0.6) is 0 Å². The molecule has 0 aromatic carbocycles. The van der Waals surface area contributed by atoms with Gasteiger partial charge in [-0.05, 0) is 25.7 Å². The third-order valence-corrected chi connectivity index (χ3v) is 3.72. The van der Waals surface area contributed by atoms with Crippen molar-refractivity contribution in [1.82, 2.24) is 10.2 Å². The van der Waals surface area contributed by atoms with Gasteiger partial charge in [0.15, 0.2) is 0 Å². The van der Waals surface area contributed by atoms with Gasteiger partial charge in [-0.1, -0.05) is 25.2 Å². The maximum absolute atomic E-state index is 12.1. The van der Waals surface area contributed by atoms with Gasteiger partial charge >= 0.3 is 0 Å². The van der Waals surface area contributed by atoms with Gasteiger partial charge < -0.3 is 4.74 Å². The number of carbonyl (C=O) groups excluding carboxylic acids is 1. The Bertz CT molecular complexity index is 494. The average molecular weight is 281 g/mol. The van der Waals surface area contributed by atoms with E-state index in [1.807, 2.05) is 6.92 Å². The number of allylic oxidation sites excluding steroid dienone is 1. The zero-order chi connectivity index (χ0) is 13.8. The molecule has 0 aliphatic carbocycles. The number of anilines is 1. The summed E-state index contributed by atoms with van der Waals surface area (Å²) in [7, 11) is 0. The Labute approximate surface area is 117 Å². The van der Waals surface area contributed by atoms with Crippen molar-refractivity contribution in [3.63, 3.8) is 0 Å². The first-order chi connectivity index (χ1) is 9.06. The highest BCUT2D eigenvalue weighted by Crippen LogP contribution is 2.22. The lowest BCUT2D eigenvalue weighted by Gasteiger charge is -2.17. The Morgan fingerprint density at radius 2 is 2.26 bits per heavy atom. The fraction of sp³-hybridized carbons (Fsp3) is 0.615. The Morgan fingerprint density at radius 1 is 1.47 bits per heavy atom. The van der Waals surface area contributed by atoms with E-state index < -0.39 is 0 Å². The molecule has 0 saturated carbocycles. The van der Waals surface area contributed by atoms with Crippen LogP contribution in [0, 0.1) is 5.92 Å². The SMILES string of the molecule is CC1=C(C(=O)Nc2nnc(CC(C)C)s2)CCCO1. The molecule has 1 aromatic rings. The minimum Gasteiger partial charge on any atom is -0.498 e. The summed E-state index contributed by atoms with van der Waals surface area (Å²) in [5, 5.41) is 12.4. The van der Waals surface area contributed by atoms with Crippen LogP contribution in [-0.4, -0.2) is 22.7 Å². The van der Waals surface area contributed by atoms with Crippen molar-refractivity contribution >= 4 is 22.4 Å². The van der Waals surface area contributed by atoms with Crippen LogP contribution in [0.4, 0.5) is 5.13 Å². The van der Waals surface area contributed by atoms with Gasteiger partial charge in [0.2, 0.25) is 5.13 Å². The Balaban J connectivity index is 2.01. The molecule has 0 atom stereocenters. The zero-order valence-corrected chi connectivity index (χ0v) is 12.3. The van der Waals surface area contributed by atoms with Crippen molar-refractivity contribution in [2.24, 2.45) is 5.92 Å². The van der Waals surface area contributed by atoms with Crippen LogP contribution in [0.3, 0.4) is 0 Å². The van der Waals surface area contributed by atoms with E-state index in [2.05, 4.69) is 29.4 Å². The molecule has 0 bridgehead atoms. The minimum atomic E-state index is -0.121. The number of ether oxygens (including phenoxy) is 1. The van der Waals surface area contributed by atoms with Crippen molar-refractivity contribution in [2.45, 2.75) is 40.0 Å². The molecule has 0 saturated heterocycles. The summed E-state index contributed by atoms with van der Waals surface area (Å²) in [4.78, 5) is 12.1. The lowest BCUT2D eigenvalue weighted by Crippen LogP contribution is -2.19. The van der Waals surface area contributed by atoms with Crippen LogP contribution in [0.2, 0.25) is 0 Å². The van der Waals surface area contributed by atoms with Crippen molar-refractivity contribution < 1.29 is 9.53 Å². The van der Waals surface area contributed by atoms with Gasteiger partial charge in [0.25, 0.3) is 5.91 Å². The number of rotatable bonds is 4. The van der Waals surface area contributed by atoms with E-state index in [9.17, 15) is 4.79 Å². The molecular formula is C13H19N3O2S. The van der Waals surface area contributed by atoms with Gasteiger partial charge in [-0.25, -0.2) is 0 Å². The molecule has 2 heterocycles. The second kappa shape index (κ2) is 6.14. The molecular weight excluding hydrogens is 262 g/mol. The fourth-order valence-corrected chi connectivity index (χ4v) is 2.87. The molecule has 1 amide bonds. The molecule has 1 aliphatic heterocycles. The van der Waals surface area contributed by atoms with Crippen LogP contribution >= 0.6 is 11.3 Å². The lowest BCUT2D eigenvalue weighted by atomic mass is 10.1. The van der Waals surface area contributed by atoms with Crippen molar-refractivity contribution in [3.05, 3.63) is 16.3 Å². The molecule has 0 spiro atoms. The third-order valence-electron chi connectivity index (χ3n) is 2.86. The van der Waals surface area contributed by atoms with Crippen LogP contribution in [0.1, 0.15) is 38.6 Å². The molecule has 1 aromatic heterocycles. The highest BCUT2D eigenvalue weighted by molar-refractivity contribution is 7.15. The van der Waals surface area contributed by atoms with Crippen LogP contribution < -0.4 is 5.32 Å². The van der Waals surface area contributed by atoms with Gasteiger partial charge in [-0.3, -0.25) is 10.1 Å². The van der Waals surface area contributed by atoms with Gasteiger partial charge in [0, 0.05) is 6.42 Å². The molecule has 6 heteroatoms. The summed E-state index contributed by atoms with van der Waals surface area (Å²) in [5.41, 5.74) is 0.715. The number of aromatic nitrogens is 2. The zero-order valence-electron chi connectivity index (χ0n) is 11.5. The number of hydrogen-bond acceptors (Lipinski definition) is 5. The molecule has 0 unspecified atom stereocenters. The standard InChI is InChI=1S/C13H19N3O2S/c1-8(2)7-11-15-16-13(19-11)14-12(17)10-5-4-6-18-9(10)3/h8H,4-7H2,1-3H3,(H,14,16,17). The molecule has 1 N–H and O–H groups in total. The first kappa shape index (κ1) is 14.0. The molecule has 1 aliphatic rings. The molecule has 104 valence electrons. The Morgan fingerprint density at radius 3 is 2.95 bits per heavy atom. The largest absolute Gasteiger partial charge is 0.498 e. The third kappa shape index (κ3) is 3.76. The normalized spacial score (nSPS) is 15.6. The van der Waals surface area contributed by atoms with Crippen molar-refractivity contribution in [3.8, 4) is 0 Å². The number of nitrogens with zero attached hydrogens (tertiary/aromatic N) is 2. The predicted molar refractivity (Wildman–Crippen MR) is 75.0 cm³/mol. The molecule has 19 heavy (non-hydrogen) atoms. The van der Waals surface area contributed by atoms with Gasteiger partial charge in [-0.15, -0.1) is 10.2 Å². The summed E-state index contributed by atoms with van der Waals surface area (Å²) in [6.07, 6.45) is 2.53. The number of hydrogen-bond donors (Lipinski definition) is 1. The maximum Gasteiger partial charge on any atom is 0.256 e. The van der Waals surface area contributed by atoms with Crippen LogP contribution in [-0.2, 0) is 16.0 Å². The van der Waals surface area contributed by atoms with E-state index in [4.69, 9.17) is 4.74 Å². The van der Waals surface area contributed by atoms with Crippen molar-refractivity contribution in [2.75, 3.05) is 11.9 Å². The van der Waals surface area contributed by atoms with Crippen LogP contribution in [0.15, 0.2) is 11.3 Å². The number of amides is 1. The highest BCUT2D eigenvalue weighted by Gasteiger charge is 2.19. The number of nitrogens with one attached hydrogen (secondary N) is 1. The summed E-state index contributed by atoms with van der Waals surface area (Å²) in [6.45, 7) is 6.79. The Kier molecular flexibility index (Phi) is 4.52. The van der Waals surface area contributed by atoms with E-state index in [1.165, 1.54) is 11.3 Å². The topological polar surface area (TPSA) is 64.1 Å². The monoisotopic (exact) mass is 281 g/mol. The molecule has 5 nitrogen and oxygen atoms in total. The predicted octanol–water partition coefficient (Wildman–Crippen LogP) is 2.76. The van der Waals surface area contributed by atoms with E-state index >= 15 is 0 Å². The summed E-state index contributed by atoms with van der Waals surface area (Å²) in [5.74, 6) is 1.13. The van der Waals surface area contributed by atoms with Gasteiger partial charge in [0.05, 0.1) is 12.2 Å². The summed E-state index contributed by atoms with van der Waals surface area (Å²) >= 11 is 1.44. The minimum absolute atomic E-state index is 0.121. The summed E-state index contributed by atoms with van der Waals surface area (Å²) in [6, 6.07) is 0. The fourth-order valence-electron chi connectivity index (χ4n) is 1.92. The second-order valence-corrected chi connectivity index (χ2v) is 6.10. The van der Waals surface area contributed by atoms with Gasteiger partial charge in [0.1, 0.15) is 10.8 Å². The van der Waals surface area contributed by atoms with E-state index in [1.54, 1.807) is 0 Å². The van der Waals surface area contributed by atoms with Crippen molar-refractivity contribution in [1.29, 1.82) is 0 Å². The van der Waals surface area contributed by atoms with E-state index in [0.29, 0.717) is 23.2 Å². The van der Waals surface area contributed by atoms with Crippen LogP contribution in [0.25, 0.3) is 0 Å².